The van der Waals surface area contributed by atoms with Crippen LogP contribution in [0.2, 0.25) is 0 Å². The summed E-state index contributed by atoms with van der Waals surface area (Å²) in [6.45, 7) is 6.55. The molecule has 0 fully saturated rings. The monoisotopic (exact) mass is 234 g/mol. The average Bonchev–Trinajstić information content (AvgIpc) is 2.30. The molecular weight excluding hydrogens is 208 g/mol. The van der Waals surface area contributed by atoms with Crippen molar-refractivity contribution in [1.29, 1.82) is 0 Å². The molecule has 0 amide bonds. The maximum atomic E-state index is 6.30. The molecular formula is C15H26N2. The Morgan fingerprint density at radius 1 is 0.824 bits per heavy atom. The highest BCUT2D eigenvalue weighted by Crippen LogP contribution is 2.30. The highest BCUT2D eigenvalue weighted by molar-refractivity contribution is 5.66. The number of rotatable bonds is 6. The first kappa shape index (κ1) is 13.9. The summed E-state index contributed by atoms with van der Waals surface area (Å²) in [4.78, 5) is 0. The first-order chi connectivity index (χ1) is 8.15. The lowest BCUT2D eigenvalue weighted by atomic mass is 9.92. The minimum Gasteiger partial charge on any atom is -0.398 e. The van der Waals surface area contributed by atoms with Crippen molar-refractivity contribution in [2.45, 2.75) is 59.3 Å². The zero-order valence-electron chi connectivity index (χ0n) is 11.5. The van der Waals surface area contributed by atoms with Crippen molar-refractivity contribution in [3.8, 4) is 0 Å². The summed E-state index contributed by atoms with van der Waals surface area (Å²) < 4.78 is 0. The minimum absolute atomic E-state index is 0.938. The number of nitrogen functional groups attached to an aromatic ring is 2. The van der Waals surface area contributed by atoms with Crippen molar-refractivity contribution in [3.63, 3.8) is 0 Å². The van der Waals surface area contributed by atoms with Crippen LogP contribution in [-0.2, 0) is 19.3 Å². The van der Waals surface area contributed by atoms with Gasteiger partial charge in [-0.1, -0.05) is 40.0 Å². The second kappa shape index (κ2) is 6.53. The lowest BCUT2D eigenvalue weighted by molar-refractivity contribution is 0.856. The van der Waals surface area contributed by atoms with Crippen LogP contribution in [0.25, 0.3) is 0 Å². The van der Waals surface area contributed by atoms with Crippen LogP contribution >= 0.6 is 0 Å². The molecule has 0 heterocycles. The molecule has 4 N–H and O–H groups in total. The van der Waals surface area contributed by atoms with Crippen LogP contribution in [0.4, 0.5) is 11.4 Å². The van der Waals surface area contributed by atoms with Gasteiger partial charge in [-0.2, -0.15) is 0 Å². The van der Waals surface area contributed by atoms with E-state index in [-0.39, 0.29) is 0 Å². The van der Waals surface area contributed by atoms with Crippen LogP contribution in [0.15, 0.2) is 6.07 Å². The molecule has 0 unspecified atom stereocenters. The van der Waals surface area contributed by atoms with Gasteiger partial charge in [-0.15, -0.1) is 0 Å². The minimum atomic E-state index is 0.938. The summed E-state index contributed by atoms with van der Waals surface area (Å²) in [6.07, 6.45) is 6.46. The van der Waals surface area contributed by atoms with Gasteiger partial charge in [0, 0.05) is 11.4 Å². The Balaban J connectivity index is 3.25. The molecule has 0 aliphatic rings. The van der Waals surface area contributed by atoms with Crippen molar-refractivity contribution in [1.82, 2.24) is 0 Å². The molecule has 17 heavy (non-hydrogen) atoms. The summed E-state index contributed by atoms with van der Waals surface area (Å²) in [5.74, 6) is 0. The van der Waals surface area contributed by atoms with Crippen molar-refractivity contribution in [3.05, 3.63) is 22.8 Å². The lowest BCUT2D eigenvalue weighted by Crippen LogP contribution is -2.08. The van der Waals surface area contributed by atoms with Gasteiger partial charge in [0.2, 0.25) is 0 Å². The van der Waals surface area contributed by atoms with Gasteiger partial charge in [0.25, 0.3) is 0 Å². The second-order valence-corrected chi connectivity index (χ2v) is 4.75. The smallest absolute Gasteiger partial charge is 0.0383 e. The number of hydrogen-bond acceptors (Lipinski definition) is 2. The highest BCUT2D eigenvalue weighted by atomic mass is 14.6. The molecule has 1 aromatic rings. The normalized spacial score (nSPS) is 10.8. The predicted molar refractivity (Wildman–Crippen MR) is 77.3 cm³/mol. The Morgan fingerprint density at radius 3 is 1.88 bits per heavy atom. The predicted octanol–water partition coefficient (Wildman–Crippen LogP) is 3.71. The second-order valence-electron chi connectivity index (χ2n) is 4.75. The van der Waals surface area contributed by atoms with Gasteiger partial charge in [-0.05, 0) is 42.0 Å². The average molecular weight is 234 g/mol. The van der Waals surface area contributed by atoms with Gasteiger partial charge in [-0.25, -0.2) is 0 Å². The van der Waals surface area contributed by atoms with Crippen LogP contribution in [-0.4, -0.2) is 0 Å². The molecule has 1 aromatic carbocycles. The molecule has 0 aromatic heterocycles. The largest absolute Gasteiger partial charge is 0.398 e. The molecule has 96 valence electrons. The molecule has 0 aliphatic heterocycles. The van der Waals surface area contributed by atoms with Crippen molar-refractivity contribution >= 4 is 11.4 Å². The van der Waals surface area contributed by atoms with Crippen LogP contribution < -0.4 is 11.5 Å². The lowest BCUT2D eigenvalue weighted by Gasteiger charge is -2.18. The van der Waals surface area contributed by atoms with Gasteiger partial charge in [0.05, 0.1) is 0 Å². The summed E-state index contributed by atoms with van der Waals surface area (Å²) in [5.41, 5.74) is 18.2. The van der Waals surface area contributed by atoms with E-state index < -0.39 is 0 Å². The van der Waals surface area contributed by atoms with E-state index in [4.69, 9.17) is 11.5 Å². The van der Waals surface area contributed by atoms with E-state index in [1.54, 1.807) is 0 Å². The van der Waals surface area contributed by atoms with Gasteiger partial charge < -0.3 is 11.5 Å². The number of aryl methyl sites for hydroxylation is 1. The fourth-order valence-electron chi connectivity index (χ4n) is 2.44. The zero-order chi connectivity index (χ0) is 12.8. The SMILES string of the molecule is CCCc1cc(N)c(CCC)c(CCC)c1N. The standard InChI is InChI=1S/C15H26N2/c1-4-7-11-10-14(16)12(8-5-2)13(9-6-3)15(11)17/h10H,4-9,16-17H2,1-3H3. The molecule has 2 heteroatoms. The fourth-order valence-corrected chi connectivity index (χ4v) is 2.44. The van der Waals surface area contributed by atoms with E-state index >= 15 is 0 Å². The first-order valence-corrected chi connectivity index (χ1v) is 6.84. The number of hydrogen-bond donors (Lipinski definition) is 2. The van der Waals surface area contributed by atoms with E-state index in [0.717, 1.165) is 49.9 Å². The van der Waals surface area contributed by atoms with Crippen LogP contribution in [0.5, 0.6) is 0 Å². The molecule has 0 spiro atoms. The summed E-state index contributed by atoms with van der Waals surface area (Å²) in [6, 6.07) is 2.09. The van der Waals surface area contributed by atoms with Gasteiger partial charge in [0.15, 0.2) is 0 Å². The molecule has 0 saturated heterocycles. The quantitative estimate of drug-likeness (QED) is 0.737. The number of benzene rings is 1. The molecule has 0 aliphatic carbocycles. The van der Waals surface area contributed by atoms with Crippen LogP contribution in [0.1, 0.15) is 56.7 Å². The molecule has 0 saturated carbocycles. The number of anilines is 2. The van der Waals surface area contributed by atoms with E-state index in [0.29, 0.717) is 0 Å². The van der Waals surface area contributed by atoms with Crippen molar-refractivity contribution in [2.24, 2.45) is 0 Å². The van der Waals surface area contributed by atoms with Gasteiger partial charge in [0.1, 0.15) is 0 Å². The van der Waals surface area contributed by atoms with E-state index in [1.165, 1.54) is 16.7 Å². The molecule has 0 bridgehead atoms. The Hall–Kier alpha value is -1.18. The third kappa shape index (κ3) is 3.15. The Morgan fingerprint density at radius 2 is 1.35 bits per heavy atom. The third-order valence-corrected chi connectivity index (χ3v) is 3.23. The molecule has 0 atom stereocenters. The van der Waals surface area contributed by atoms with Gasteiger partial charge >= 0.3 is 0 Å². The zero-order valence-corrected chi connectivity index (χ0v) is 11.5. The third-order valence-electron chi connectivity index (χ3n) is 3.23. The first-order valence-electron chi connectivity index (χ1n) is 6.84. The van der Waals surface area contributed by atoms with Gasteiger partial charge in [-0.3, -0.25) is 0 Å². The molecule has 2 nitrogen and oxygen atoms in total. The Bertz CT molecular complexity index is 370. The maximum absolute atomic E-state index is 6.30. The van der Waals surface area contributed by atoms with Crippen LogP contribution in [0.3, 0.4) is 0 Å². The highest BCUT2D eigenvalue weighted by Gasteiger charge is 2.13. The summed E-state index contributed by atoms with van der Waals surface area (Å²) in [5, 5.41) is 0. The maximum Gasteiger partial charge on any atom is 0.0383 e. The molecule has 1 rings (SSSR count). The van der Waals surface area contributed by atoms with E-state index in [2.05, 4.69) is 26.8 Å². The molecule has 0 radical (unpaired) electrons. The Labute approximate surface area is 105 Å². The number of nitrogens with two attached hydrogens (primary N) is 2. The van der Waals surface area contributed by atoms with Crippen LogP contribution in [0, 0.1) is 0 Å². The summed E-state index contributed by atoms with van der Waals surface area (Å²) >= 11 is 0. The van der Waals surface area contributed by atoms with Crippen molar-refractivity contribution < 1.29 is 0 Å². The van der Waals surface area contributed by atoms with E-state index in [1.807, 2.05) is 0 Å². The summed E-state index contributed by atoms with van der Waals surface area (Å²) in [7, 11) is 0. The fraction of sp³-hybridized carbons (Fsp3) is 0.600. The Kier molecular flexibility index (Phi) is 5.33. The topological polar surface area (TPSA) is 52.0 Å². The van der Waals surface area contributed by atoms with E-state index in [9.17, 15) is 0 Å². The van der Waals surface area contributed by atoms with Crippen molar-refractivity contribution in [2.75, 3.05) is 11.5 Å².